The van der Waals surface area contributed by atoms with Crippen molar-refractivity contribution in [2.75, 3.05) is 13.7 Å². The highest BCUT2D eigenvalue weighted by Crippen LogP contribution is 1.83. The van der Waals surface area contributed by atoms with E-state index < -0.39 is 6.23 Å². The molecular weight excluding hydrogens is 118 g/mol. The van der Waals surface area contributed by atoms with Crippen LogP contribution in [0.2, 0.25) is 0 Å². The van der Waals surface area contributed by atoms with Gasteiger partial charge in [-0.1, -0.05) is 6.08 Å². The second kappa shape index (κ2) is 5.75. The van der Waals surface area contributed by atoms with Gasteiger partial charge in [0.05, 0.1) is 0 Å². The lowest BCUT2D eigenvalue weighted by Crippen LogP contribution is -2.14. The zero-order valence-electron chi connectivity index (χ0n) is 5.58. The Bertz CT molecular complexity index is 81.1. The van der Waals surface area contributed by atoms with Gasteiger partial charge in [-0.3, -0.25) is 0 Å². The molecule has 54 valence electrons. The highest BCUT2D eigenvalue weighted by molar-refractivity contribution is 4.85. The third-order valence-corrected chi connectivity index (χ3v) is 0.822. The number of rotatable bonds is 4. The zero-order valence-corrected chi connectivity index (χ0v) is 5.58. The summed E-state index contributed by atoms with van der Waals surface area (Å²) in [5.74, 6) is 0. The molecule has 0 aromatic carbocycles. The minimum Gasteiger partial charge on any atom is -0.384 e. The average Bonchev–Trinajstić information content (AvgIpc) is 1.80. The molecule has 0 amide bonds. The molecule has 3 nitrogen and oxygen atoms in total. The first-order chi connectivity index (χ1) is 4.27. The fraction of sp³-hybridized carbons (Fsp3) is 0.667. The van der Waals surface area contributed by atoms with Crippen molar-refractivity contribution in [3.05, 3.63) is 12.2 Å². The normalized spacial score (nSPS) is 14.6. The summed E-state index contributed by atoms with van der Waals surface area (Å²) in [5, 5.41) is 8.50. The van der Waals surface area contributed by atoms with Gasteiger partial charge in [0.1, 0.15) is 6.23 Å². The lowest BCUT2D eigenvalue weighted by molar-refractivity contribution is 0.203. The van der Waals surface area contributed by atoms with Gasteiger partial charge >= 0.3 is 0 Å². The van der Waals surface area contributed by atoms with Crippen LogP contribution in [0.3, 0.4) is 0 Å². The van der Waals surface area contributed by atoms with Gasteiger partial charge in [-0.2, -0.15) is 0 Å². The van der Waals surface area contributed by atoms with Gasteiger partial charge in [0.15, 0.2) is 0 Å². The van der Waals surface area contributed by atoms with Gasteiger partial charge < -0.3 is 15.6 Å². The summed E-state index contributed by atoms with van der Waals surface area (Å²) in [5.41, 5.74) is 5.00. The number of ether oxygens (including phenoxy) is 1. The first-order valence-corrected chi connectivity index (χ1v) is 2.86. The molecule has 0 saturated carbocycles. The molecule has 0 aromatic rings. The van der Waals surface area contributed by atoms with Crippen molar-refractivity contribution in [3.63, 3.8) is 0 Å². The molecule has 1 atom stereocenters. The zero-order chi connectivity index (χ0) is 7.11. The number of nitrogens with two attached hydrogens (primary N) is 1. The number of methoxy groups -OCH3 is 1. The van der Waals surface area contributed by atoms with Crippen LogP contribution in [0.25, 0.3) is 0 Å². The van der Waals surface area contributed by atoms with Crippen LogP contribution in [-0.4, -0.2) is 25.1 Å². The molecule has 0 aliphatic heterocycles. The predicted octanol–water partition coefficient (Wildman–Crippen LogP) is -0.144. The van der Waals surface area contributed by atoms with Crippen molar-refractivity contribution in [2.24, 2.45) is 5.73 Å². The Morgan fingerprint density at radius 2 is 2.44 bits per heavy atom. The molecule has 0 radical (unpaired) electrons. The minimum atomic E-state index is -0.832. The van der Waals surface area contributed by atoms with Crippen molar-refractivity contribution in [3.8, 4) is 0 Å². The molecule has 0 heterocycles. The molecule has 0 aromatic heterocycles. The Hall–Kier alpha value is -0.380. The maximum atomic E-state index is 8.50. The van der Waals surface area contributed by atoms with Crippen LogP contribution in [0.1, 0.15) is 6.42 Å². The van der Waals surface area contributed by atoms with Crippen molar-refractivity contribution in [1.29, 1.82) is 0 Å². The maximum Gasteiger partial charge on any atom is 0.121 e. The number of hydrogen-bond donors (Lipinski definition) is 2. The SMILES string of the molecule is COCC/C=C/C(N)O. The molecule has 0 spiro atoms. The van der Waals surface area contributed by atoms with E-state index in [9.17, 15) is 0 Å². The first-order valence-electron chi connectivity index (χ1n) is 2.86. The topological polar surface area (TPSA) is 55.5 Å². The quantitative estimate of drug-likeness (QED) is 0.317. The van der Waals surface area contributed by atoms with Crippen LogP contribution in [0.5, 0.6) is 0 Å². The van der Waals surface area contributed by atoms with E-state index >= 15 is 0 Å². The molecule has 0 rings (SSSR count). The molecule has 0 fully saturated rings. The second-order valence-corrected chi connectivity index (χ2v) is 1.70. The predicted molar refractivity (Wildman–Crippen MR) is 35.8 cm³/mol. The molecule has 0 aliphatic carbocycles. The summed E-state index contributed by atoms with van der Waals surface area (Å²) >= 11 is 0. The van der Waals surface area contributed by atoms with E-state index in [2.05, 4.69) is 0 Å². The minimum absolute atomic E-state index is 0.670. The van der Waals surface area contributed by atoms with E-state index in [1.807, 2.05) is 0 Å². The lowest BCUT2D eigenvalue weighted by atomic mass is 10.4. The van der Waals surface area contributed by atoms with Crippen LogP contribution in [0.4, 0.5) is 0 Å². The lowest BCUT2D eigenvalue weighted by Gasteiger charge is -1.93. The highest BCUT2D eigenvalue weighted by Gasteiger charge is 1.83. The Morgan fingerprint density at radius 1 is 1.78 bits per heavy atom. The van der Waals surface area contributed by atoms with Crippen LogP contribution in [0.15, 0.2) is 12.2 Å². The molecule has 3 N–H and O–H groups in total. The maximum absolute atomic E-state index is 8.50. The Labute approximate surface area is 55.1 Å². The van der Waals surface area contributed by atoms with Crippen molar-refractivity contribution >= 4 is 0 Å². The fourth-order valence-electron chi connectivity index (χ4n) is 0.422. The van der Waals surface area contributed by atoms with Crippen LogP contribution < -0.4 is 5.73 Å². The van der Waals surface area contributed by atoms with Gasteiger partial charge in [-0.05, 0) is 12.5 Å². The van der Waals surface area contributed by atoms with Gasteiger partial charge in [-0.25, -0.2) is 0 Å². The van der Waals surface area contributed by atoms with Gasteiger partial charge in [0.25, 0.3) is 0 Å². The van der Waals surface area contributed by atoms with Gasteiger partial charge in [0, 0.05) is 13.7 Å². The highest BCUT2D eigenvalue weighted by atomic mass is 16.5. The van der Waals surface area contributed by atoms with Crippen LogP contribution in [-0.2, 0) is 4.74 Å². The van der Waals surface area contributed by atoms with E-state index in [-0.39, 0.29) is 0 Å². The van der Waals surface area contributed by atoms with E-state index in [1.165, 1.54) is 6.08 Å². The summed E-state index contributed by atoms with van der Waals surface area (Å²) in [7, 11) is 1.63. The van der Waals surface area contributed by atoms with E-state index in [1.54, 1.807) is 13.2 Å². The summed E-state index contributed by atoms with van der Waals surface area (Å²) in [4.78, 5) is 0. The number of aliphatic hydroxyl groups excluding tert-OH is 1. The third-order valence-electron chi connectivity index (χ3n) is 0.822. The van der Waals surface area contributed by atoms with Gasteiger partial charge in [-0.15, -0.1) is 0 Å². The van der Waals surface area contributed by atoms with Crippen LogP contribution in [0, 0.1) is 0 Å². The molecular formula is C6H13NO2. The fourth-order valence-corrected chi connectivity index (χ4v) is 0.422. The van der Waals surface area contributed by atoms with Crippen molar-refractivity contribution in [1.82, 2.24) is 0 Å². The second-order valence-electron chi connectivity index (χ2n) is 1.70. The summed E-state index contributed by atoms with van der Waals surface area (Å²) in [6.07, 6.45) is 3.28. The molecule has 0 aliphatic rings. The summed E-state index contributed by atoms with van der Waals surface area (Å²) in [6.45, 7) is 0.670. The van der Waals surface area contributed by atoms with E-state index in [0.29, 0.717) is 6.61 Å². The Kier molecular flexibility index (Phi) is 5.51. The van der Waals surface area contributed by atoms with Crippen LogP contribution >= 0.6 is 0 Å². The first kappa shape index (κ1) is 8.62. The Morgan fingerprint density at radius 3 is 2.89 bits per heavy atom. The molecule has 0 bridgehead atoms. The number of aliphatic hydroxyl groups is 1. The molecule has 9 heavy (non-hydrogen) atoms. The number of hydrogen-bond acceptors (Lipinski definition) is 3. The van der Waals surface area contributed by atoms with Crippen molar-refractivity contribution < 1.29 is 9.84 Å². The summed E-state index contributed by atoms with van der Waals surface area (Å²) in [6, 6.07) is 0. The van der Waals surface area contributed by atoms with E-state index in [4.69, 9.17) is 15.6 Å². The Balaban J connectivity index is 3.04. The molecule has 0 saturated heterocycles. The van der Waals surface area contributed by atoms with E-state index in [0.717, 1.165) is 6.42 Å². The standard InChI is InChI=1S/C6H13NO2/c1-9-5-3-2-4-6(7)8/h2,4,6,8H,3,5,7H2,1H3/b4-2+. The largest absolute Gasteiger partial charge is 0.384 e. The molecule has 3 heteroatoms. The van der Waals surface area contributed by atoms with Crippen molar-refractivity contribution in [2.45, 2.75) is 12.6 Å². The molecule has 1 unspecified atom stereocenters. The average molecular weight is 131 g/mol. The monoisotopic (exact) mass is 131 g/mol. The summed E-state index contributed by atoms with van der Waals surface area (Å²) < 4.78 is 4.75. The van der Waals surface area contributed by atoms with Gasteiger partial charge in [0.2, 0.25) is 0 Å². The smallest absolute Gasteiger partial charge is 0.121 e. The third kappa shape index (κ3) is 7.62.